The molecule has 0 aliphatic carbocycles. The number of fused-ring (bicyclic) bond motifs is 1. The van der Waals surface area contributed by atoms with Gasteiger partial charge in [-0.25, -0.2) is 4.90 Å². The lowest BCUT2D eigenvalue weighted by atomic mass is 10.1. The van der Waals surface area contributed by atoms with Crippen molar-refractivity contribution in [2.75, 3.05) is 26.4 Å². The molecule has 1 aromatic rings. The third-order valence-corrected chi connectivity index (χ3v) is 3.08. The standard InChI is InChI=1S/C15H17NO5/c1-2-20-9-10-21-8-7-13(17)16-14(18)11-5-3-4-6-12(11)15(16)19/h3-6H,2,7-10H2,1H3. The number of imide groups is 3. The summed E-state index contributed by atoms with van der Waals surface area (Å²) in [6.07, 6.45) is -0.0163. The van der Waals surface area contributed by atoms with Crippen molar-refractivity contribution in [3.8, 4) is 0 Å². The molecule has 1 aromatic carbocycles. The van der Waals surface area contributed by atoms with E-state index < -0.39 is 17.7 Å². The molecule has 1 aliphatic heterocycles. The average Bonchev–Trinajstić information content (AvgIpc) is 2.75. The van der Waals surface area contributed by atoms with Gasteiger partial charge >= 0.3 is 0 Å². The van der Waals surface area contributed by atoms with Crippen molar-refractivity contribution < 1.29 is 23.9 Å². The van der Waals surface area contributed by atoms with Crippen LogP contribution in [0, 0.1) is 0 Å². The monoisotopic (exact) mass is 291 g/mol. The summed E-state index contributed by atoms with van der Waals surface area (Å²) in [5, 5.41) is 0. The van der Waals surface area contributed by atoms with Crippen LogP contribution in [0.1, 0.15) is 34.1 Å². The lowest BCUT2D eigenvalue weighted by Gasteiger charge is -2.11. The lowest BCUT2D eigenvalue weighted by molar-refractivity contribution is -0.127. The predicted octanol–water partition coefficient (Wildman–Crippen LogP) is 1.25. The molecule has 0 radical (unpaired) electrons. The van der Waals surface area contributed by atoms with Gasteiger partial charge in [0.25, 0.3) is 11.8 Å². The normalized spacial score (nSPS) is 13.7. The van der Waals surface area contributed by atoms with Crippen molar-refractivity contribution in [1.29, 1.82) is 0 Å². The summed E-state index contributed by atoms with van der Waals surface area (Å²) in [7, 11) is 0. The first-order chi connectivity index (χ1) is 10.2. The van der Waals surface area contributed by atoms with Crippen molar-refractivity contribution in [2.24, 2.45) is 0 Å². The van der Waals surface area contributed by atoms with Crippen LogP contribution in [0.15, 0.2) is 24.3 Å². The van der Waals surface area contributed by atoms with Gasteiger partial charge in [0.15, 0.2) is 0 Å². The van der Waals surface area contributed by atoms with E-state index in [1.54, 1.807) is 24.3 Å². The van der Waals surface area contributed by atoms with Crippen LogP contribution in [0.5, 0.6) is 0 Å². The van der Waals surface area contributed by atoms with Crippen molar-refractivity contribution in [1.82, 2.24) is 4.90 Å². The molecule has 0 fully saturated rings. The van der Waals surface area contributed by atoms with Gasteiger partial charge in [0, 0.05) is 6.61 Å². The number of carbonyl (C=O) groups is 3. The van der Waals surface area contributed by atoms with Crippen LogP contribution in [-0.2, 0) is 14.3 Å². The molecule has 1 aliphatic rings. The quantitative estimate of drug-likeness (QED) is 0.558. The fraction of sp³-hybridized carbons (Fsp3) is 0.400. The van der Waals surface area contributed by atoms with Crippen LogP contribution >= 0.6 is 0 Å². The fourth-order valence-corrected chi connectivity index (χ4v) is 2.05. The van der Waals surface area contributed by atoms with E-state index in [1.165, 1.54) is 0 Å². The van der Waals surface area contributed by atoms with Gasteiger partial charge < -0.3 is 9.47 Å². The van der Waals surface area contributed by atoms with Gasteiger partial charge in [0.1, 0.15) is 0 Å². The first kappa shape index (κ1) is 15.3. The number of rotatable bonds is 7. The highest BCUT2D eigenvalue weighted by Crippen LogP contribution is 2.22. The largest absolute Gasteiger partial charge is 0.379 e. The Morgan fingerprint density at radius 1 is 1.00 bits per heavy atom. The summed E-state index contributed by atoms with van der Waals surface area (Å²) in [6.45, 7) is 3.48. The van der Waals surface area contributed by atoms with Crippen LogP contribution in [0.25, 0.3) is 0 Å². The van der Waals surface area contributed by atoms with E-state index in [9.17, 15) is 14.4 Å². The molecule has 112 valence electrons. The second-order valence-corrected chi connectivity index (χ2v) is 4.44. The van der Waals surface area contributed by atoms with Crippen LogP contribution in [0.4, 0.5) is 0 Å². The van der Waals surface area contributed by atoms with Crippen molar-refractivity contribution in [2.45, 2.75) is 13.3 Å². The summed E-state index contributed by atoms with van der Waals surface area (Å²) < 4.78 is 10.3. The van der Waals surface area contributed by atoms with Gasteiger partial charge in [-0.1, -0.05) is 12.1 Å². The average molecular weight is 291 g/mol. The summed E-state index contributed by atoms with van der Waals surface area (Å²) >= 11 is 0. The van der Waals surface area contributed by atoms with Crippen molar-refractivity contribution in [3.63, 3.8) is 0 Å². The number of benzene rings is 1. The molecule has 0 spiro atoms. The summed E-state index contributed by atoms with van der Waals surface area (Å²) in [6, 6.07) is 6.41. The van der Waals surface area contributed by atoms with Gasteiger partial charge in [-0.3, -0.25) is 14.4 Å². The third-order valence-electron chi connectivity index (χ3n) is 3.08. The molecule has 0 unspecified atom stereocenters. The summed E-state index contributed by atoms with van der Waals surface area (Å²) in [5.41, 5.74) is 0.543. The Morgan fingerprint density at radius 2 is 1.57 bits per heavy atom. The maximum atomic E-state index is 12.0. The van der Waals surface area contributed by atoms with Gasteiger partial charge in [-0.2, -0.15) is 0 Å². The Hall–Kier alpha value is -2.05. The molecule has 0 saturated heterocycles. The molecule has 0 saturated carbocycles. The molecule has 0 atom stereocenters. The molecule has 1 heterocycles. The van der Waals surface area contributed by atoms with Crippen molar-refractivity contribution in [3.05, 3.63) is 35.4 Å². The maximum Gasteiger partial charge on any atom is 0.268 e. The number of hydrogen-bond acceptors (Lipinski definition) is 5. The van der Waals surface area contributed by atoms with Crippen LogP contribution in [0.2, 0.25) is 0 Å². The molecule has 2 rings (SSSR count). The zero-order valence-corrected chi connectivity index (χ0v) is 11.8. The molecular weight excluding hydrogens is 274 g/mol. The van der Waals surface area contributed by atoms with Gasteiger partial charge in [0.2, 0.25) is 5.91 Å². The molecule has 6 nitrogen and oxygen atoms in total. The molecule has 6 heteroatoms. The molecule has 3 amide bonds. The van der Waals surface area contributed by atoms with Crippen LogP contribution < -0.4 is 0 Å². The summed E-state index contributed by atoms with van der Waals surface area (Å²) in [5.74, 6) is -1.66. The number of ether oxygens (including phenoxy) is 2. The minimum absolute atomic E-state index is 0.0163. The minimum Gasteiger partial charge on any atom is -0.379 e. The molecule has 0 N–H and O–H groups in total. The molecule has 0 aromatic heterocycles. The molecular formula is C15H17NO5. The minimum atomic E-state index is -0.560. The second kappa shape index (κ2) is 7.10. The Morgan fingerprint density at radius 3 is 2.14 bits per heavy atom. The zero-order chi connectivity index (χ0) is 15.2. The fourth-order valence-electron chi connectivity index (χ4n) is 2.05. The highest BCUT2D eigenvalue weighted by molar-refractivity contribution is 6.28. The topological polar surface area (TPSA) is 72.9 Å². The van der Waals surface area contributed by atoms with E-state index in [2.05, 4.69) is 0 Å². The number of hydrogen-bond donors (Lipinski definition) is 0. The smallest absolute Gasteiger partial charge is 0.268 e. The highest BCUT2D eigenvalue weighted by atomic mass is 16.5. The third kappa shape index (κ3) is 3.34. The highest BCUT2D eigenvalue weighted by Gasteiger charge is 2.39. The van der Waals surface area contributed by atoms with E-state index in [1.807, 2.05) is 6.92 Å². The Balaban J connectivity index is 1.87. The van der Waals surface area contributed by atoms with E-state index in [-0.39, 0.29) is 24.2 Å². The Bertz CT molecular complexity index is 520. The van der Waals surface area contributed by atoms with Crippen molar-refractivity contribution >= 4 is 17.7 Å². The van der Waals surface area contributed by atoms with Crippen LogP contribution in [0.3, 0.4) is 0 Å². The predicted molar refractivity (Wildman–Crippen MR) is 73.9 cm³/mol. The number of nitrogens with zero attached hydrogens (tertiary/aromatic N) is 1. The number of carbonyl (C=O) groups excluding carboxylic acids is 3. The van der Waals surface area contributed by atoms with Crippen LogP contribution in [-0.4, -0.2) is 49.0 Å². The first-order valence-electron chi connectivity index (χ1n) is 6.83. The van der Waals surface area contributed by atoms with Gasteiger partial charge in [-0.15, -0.1) is 0 Å². The summed E-state index contributed by atoms with van der Waals surface area (Å²) in [4.78, 5) is 36.8. The van der Waals surface area contributed by atoms with E-state index >= 15 is 0 Å². The van der Waals surface area contributed by atoms with Gasteiger partial charge in [0.05, 0.1) is 37.4 Å². The lowest BCUT2D eigenvalue weighted by Crippen LogP contribution is -2.36. The van der Waals surface area contributed by atoms with E-state index in [0.717, 1.165) is 0 Å². The van der Waals surface area contributed by atoms with Gasteiger partial charge in [-0.05, 0) is 19.1 Å². The Labute approximate surface area is 122 Å². The maximum absolute atomic E-state index is 12.0. The second-order valence-electron chi connectivity index (χ2n) is 4.44. The van der Waals surface area contributed by atoms with E-state index in [4.69, 9.17) is 9.47 Å². The SMILES string of the molecule is CCOCCOCCC(=O)N1C(=O)c2ccccc2C1=O. The molecule has 0 bridgehead atoms. The number of amides is 3. The molecule has 21 heavy (non-hydrogen) atoms. The van der Waals surface area contributed by atoms with E-state index in [0.29, 0.717) is 24.7 Å². The first-order valence-corrected chi connectivity index (χ1v) is 6.83. The Kier molecular flexibility index (Phi) is 5.19. The zero-order valence-electron chi connectivity index (χ0n) is 11.8.